The highest BCUT2D eigenvalue weighted by Gasteiger charge is 2.29. The lowest BCUT2D eigenvalue weighted by Crippen LogP contribution is -2.38. The number of hydrogen-bond donors (Lipinski definition) is 2. The fraction of sp³-hybridized carbons (Fsp3) is 0.273. The number of aromatic nitrogens is 2. The van der Waals surface area contributed by atoms with Crippen LogP contribution in [-0.4, -0.2) is 28.3 Å². The molecule has 1 saturated carbocycles. The van der Waals surface area contributed by atoms with Gasteiger partial charge in [-0.3, -0.25) is 4.79 Å². The van der Waals surface area contributed by atoms with Crippen LogP contribution in [-0.2, 0) is 0 Å². The van der Waals surface area contributed by atoms with Crippen molar-refractivity contribution in [2.75, 3.05) is 6.54 Å². The predicted molar refractivity (Wildman–Crippen MR) is 114 cm³/mol. The zero-order chi connectivity index (χ0) is 18.8. The van der Waals surface area contributed by atoms with Crippen LogP contribution in [0.1, 0.15) is 28.8 Å². The number of nitrogens with one attached hydrogen (secondary N) is 1. The Balaban J connectivity index is 0.00000225. The first-order valence-electron chi connectivity index (χ1n) is 9.38. The molecule has 0 bridgehead atoms. The molecule has 1 aliphatic rings. The van der Waals surface area contributed by atoms with Crippen LogP contribution in [0.4, 0.5) is 0 Å². The highest BCUT2D eigenvalue weighted by atomic mass is 35.5. The Bertz CT molecular complexity index is 933. The maximum atomic E-state index is 12.9. The average Bonchev–Trinajstić information content (AvgIpc) is 3.45. The standard InChI is InChI=1S/C22H24N4O.ClH/c1-15-7-11-18(12-8-15)26-14-19(21(25-26)17-5-3-2-4-6-17)22(27)24-13-20(23)16-9-10-16;/h2-8,11-12,14,16,20H,9-10,13,23H2,1H3,(H,24,27);1H. The molecule has 5 nitrogen and oxygen atoms in total. The summed E-state index contributed by atoms with van der Waals surface area (Å²) in [5.41, 5.74) is 10.4. The molecule has 3 aromatic rings. The van der Waals surface area contributed by atoms with E-state index in [1.165, 1.54) is 5.56 Å². The van der Waals surface area contributed by atoms with Crippen LogP contribution in [0.25, 0.3) is 16.9 Å². The van der Waals surface area contributed by atoms with Crippen molar-refractivity contribution in [1.29, 1.82) is 0 Å². The van der Waals surface area contributed by atoms with Gasteiger partial charge in [-0.25, -0.2) is 4.68 Å². The Kier molecular flexibility index (Phi) is 6.17. The first kappa shape index (κ1) is 20.1. The van der Waals surface area contributed by atoms with Gasteiger partial charge in [-0.15, -0.1) is 12.4 Å². The van der Waals surface area contributed by atoms with E-state index in [0.717, 1.165) is 24.1 Å². The van der Waals surface area contributed by atoms with E-state index in [1.54, 1.807) is 10.9 Å². The number of amides is 1. The van der Waals surface area contributed by atoms with Crippen LogP contribution in [0, 0.1) is 12.8 Å². The SMILES string of the molecule is Cc1ccc(-n2cc(C(=O)NCC(N)C3CC3)c(-c3ccccc3)n2)cc1.Cl. The maximum Gasteiger partial charge on any atom is 0.255 e. The van der Waals surface area contributed by atoms with Crippen molar-refractivity contribution >= 4 is 18.3 Å². The summed E-state index contributed by atoms with van der Waals surface area (Å²) >= 11 is 0. The number of aryl methyl sites for hydroxylation is 1. The van der Waals surface area contributed by atoms with Gasteiger partial charge in [-0.2, -0.15) is 5.10 Å². The summed E-state index contributed by atoms with van der Waals surface area (Å²) in [5.74, 6) is 0.414. The number of carbonyl (C=O) groups excluding carboxylic acids is 1. The van der Waals surface area contributed by atoms with Crippen molar-refractivity contribution < 1.29 is 4.79 Å². The van der Waals surface area contributed by atoms with Crippen molar-refractivity contribution in [2.24, 2.45) is 11.7 Å². The van der Waals surface area contributed by atoms with Crippen molar-refractivity contribution in [2.45, 2.75) is 25.8 Å². The van der Waals surface area contributed by atoms with Gasteiger partial charge in [0.1, 0.15) is 5.69 Å². The zero-order valence-corrected chi connectivity index (χ0v) is 16.7. The van der Waals surface area contributed by atoms with Crippen molar-refractivity contribution in [3.05, 3.63) is 71.9 Å². The van der Waals surface area contributed by atoms with E-state index in [1.807, 2.05) is 61.5 Å². The quantitative estimate of drug-likeness (QED) is 0.666. The Morgan fingerprint density at radius 2 is 1.86 bits per heavy atom. The van der Waals surface area contributed by atoms with Crippen molar-refractivity contribution in [1.82, 2.24) is 15.1 Å². The topological polar surface area (TPSA) is 72.9 Å². The molecule has 28 heavy (non-hydrogen) atoms. The van der Waals surface area contributed by atoms with Crippen LogP contribution < -0.4 is 11.1 Å². The fourth-order valence-corrected chi connectivity index (χ4v) is 3.18. The Morgan fingerprint density at radius 1 is 1.18 bits per heavy atom. The summed E-state index contributed by atoms with van der Waals surface area (Å²) in [6.07, 6.45) is 4.13. The van der Waals surface area contributed by atoms with E-state index in [9.17, 15) is 4.79 Å². The second-order valence-corrected chi connectivity index (χ2v) is 7.25. The summed E-state index contributed by atoms with van der Waals surface area (Å²) in [6.45, 7) is 2.54. The second kappa shape index (κ2) is 8.59. The van der Waals surface area contributed by atoms with E-state index in [0.29, 0.717) is 23.7 Å². The molecule has 2 aromatic carbocycles. The summed E-state index contributed by atoms with van der Waals surface area (Å²) in [6, 6.07) is 17.9. The molecule has 1 fully saturated rings. The molecule has 4 rings (SSSR count). The van der Waals surface area contributed by atoms with E-state index in [2.05, 4.69) is 5.32 Å². The first-order valence-corrected chi connectivity index (χ1v) is 9.38. The molecule has 6 heteroatoms. The summed E-state index contributed by atoms with van der Waals surface area (Å²) < 4.78 is 1.76. The normalized spacial score (nSPS) is 14.2. The van der Waals surface area contributed by atoms with E-state index >= 15 is 0 Å². The molecule has 146 valence electrons. The number of halogens is 1. The third kappa shape index (κ3) is 4.43. The second-order valence-electron chi connectivity index (χ2n) is 7.25. The molecule has 0 saturated heterocycles. The highest BCUT2D eigenvalue weighted by molar-refractivity contribution is 6.00. The monoisotopic (exact) mass is 396 g/mol. The maximum absolute atomic E-state index is 12.9. The molecule has 0 radical (unpaired) electrons. The average molecular weight is 397 g/mol. The van der Waals surface area contributed by atoms with Crippen LogP contribution in [0.3, 0.4) is 0 Å². The molecule has 1 atom stereocenters. The fourth-order valence-electron chi connectivity index (χ4n) is 3.18. The minimum Gasteiger partial charge on any atom is -0.350 e. The third-order valence-corrected chi connectivity index (χ3v) is 5.03. The lowest BCUT2D eigenvalue weighted by atomic mass is 10.1. The minimum atomic E-state index is -0.136. The number of carbonyl (C=O) groups is 1. The van der Waals surface area contributed by atoms with E-state index in [-0.39, 0.29) is 24.4 Å². The van der Waals surface area contributed by atoms with Gasteiger partial charge in [0.15, 0.2) is 0 Å². The van der Waals surface area contributed by atoms with Gasteiger partial charge in [0, 0.05) is 24.3 Å². The van der Waals surface area contributed by atoms with Gasteiger partial charge >= 0.3 is 0 Å². The molecule has 1 unspecified atom stereocenters. The van der Waals surface area contributed by atoms with Crippen LogP contribution >= 0.6 is 12.4 Å². The number of nitrogens with two attached hydrogens (primary N) is 1. The molecule has 1 amide bonds. The Labute approximate surface area is 171 Å². The molecular formula is C22H25ClN4O. The number of nitrogens with zero attached hydrogens (tertiary/aromatic N) is 2. The molecule has 1 aromatic heterocycles. The van der Waals surface area contributed by atoms with Crippen LogP contribution in [0.2, 0.25) is 0 Å². The third-order valence-electron chi connectivity index (χ3n) is 5.03. The number of benzene rings is 2. The Hall–Kier alpha value is -2.63. The van der Waals surface area contributed by atoms with Crippen molar-refractivity contribution in [3.8, 4) is 16.9 Å². The summed E-state index contributed by atoms with van der Waals surface area (Å²) in [7, 11) is 0. The van der Waals surface area contributed by atoms with Gasteiger partial charge in [-0.1, -0.05) is 48.0 Å². The highest BCUT2D eigenvalue weighted by Crippen LogP contribution is 2.31. The molecule has 1 heterocycles. The van der Waals surface area contributed by atoms with Crippen LogP contribution in [0.15, 0.2) is 60.8 Å². The summed E-state index contributed by atoms with van der Waals surface area (Å²) in [5, 5.41) is 7.69. The van der Waals surface area contributed by atoms with E-state index in [4.69, 9.17) is 10.8 Å². The van der Waals surface area contributed by atoms with Gasteiger partial charge in [0.25, 0.3) is 5.91 Å². The first-order chi connectivity index (χ1) is 13.1. The lowest BCUT2D eigenvalue weighted by molar-refractivity contribution is 0.0951. The predicted octanol–water partition coefficient (Wildman–Crippen LogP) is 3.74. The van der Waals surface area contributed by atoms with Gasteiger partial charge in [0.2, 0.25) is 0 Å². The van der Waals surface area contributed by atoms with E-state index < -0.39 is 0 Å². The lowest BCUT2D eigenvalue weighted by Gasteiger charge is -2.11. The van der Waals surface area contributed by atoms with Gasteiger partial charge < -0.3 is 11.1 Å². The van der Waals surface area contributed by atoms with Gasteiger partial charge in [0.05, 0.1) is 11.3 Å². The van der Waals surface area contributed by atoms with Gasteiger partial charge in [-0.05, 0) is 37.8 Å². The molecular weight excluding hydrogens is 372 g/mol. The molecule has 0 aliphatic heterocycles. The molecule has 0 spiro atoms. The molecule has 3 N–H and O–H groups in total. The Morgan fingerprint density at radius 3 is 2.50 bits per heavy atom. The van der Waals surface area contributed by atoms with Crippen LogP contribution in [0.5, 0.6) is 0 Å². The van der Waals surface area contributed by atoms with Crippen molar-refractivity contribution in [3.63, 3.8) is 0 Å². The smallest absolute Gasteiger partial charge is 0.255 e. The minimum absolute atomic E-state index is 0. The zero-order valence-electron chi connectivity index (χ0n) is 15.8. The summed E-state index contributed by atoms with van der Waals surface area (Å²) in [4.78, 5) is 12.9. The number of rotatable bonds is 6. The molecule has 1 aliphatic carbocycles. The largest absolute Gasteiger partial charge is 0.350 e. The number of hydrogen-bond acceptors (Lipinski definition) is 3.